The third-order valence-corrected chi connectivity index (χ3v) is 2.14. The Kier molecular flexibility index (Phi) is 3.49. The molecule has 0 aliphatic rings. The second-order valence-electron chi connectivity index (χ2n) is 3.73. The molecule has 0 aliphatic heterocycles. The lowest BCUT2D eigenvalue weighted by Gasteiger charge is -2.20. The van der Waals surface area contributed by atoms with E-state index in [1.165, 1.54) is 6.20 Å². The smallest absolute Gasteiger partial charge is 0.240 e. The van der Waals surface area contributed by atoms with Gasteiger partial charge in [0.1, 0.15) is 6.04 Å². The van der Waals surface area contributed by atoms with Crippen LogP contribution >= 0.6 is 0 Å². The van der Waals surface area contributed by atoms with Crippen molar-refractivity contribution in [1.29, 1.82) is 0 Å². The summed E-state index contributed by atoms with van der Waals surface area (Å²) < 4.78 is 0. The van der Waals surface area contributed by atoms with Gasteiger partial charge in [-0.2, -0.15) is 0 Å². The van der Waals surface area contributed by atoms with Crippen molar-refractivity contribution in [3.05, 3.63) is 18.5 Å². The maximum atomic E-state index is 11.2. The first-order valence-corrected chi connectivity index (χ1v) is 4.77. The van der Waals surface area contributed by atoms with Crippen molar-refractivity contribution in [2.45, 2.75) is 19.9 Å². The molecule has 5 heteroatoms. The number of nitrogens with zero attached hydrogens (tertiary/aromatic N) is 1. The van der Waals surface area contributed by atoms with Crippen LogP contribution in [0.25, 0.3) is 0 Å². The summed E-state index contributed by atoms with van der Waals surface area (Å²) in [6.45, 7) is 3.83. The summed E-state index contributed by atoms with van der Waals surface area (Å²) in [5.74, 6) is -0.281. The molecule has 1 aromatic heterocycles. The Balaban J connectivity index is 2.84. The fourth-order valence-corrected chi connectivity index (χ4v) is 1.27. The van der Waals surface area contributed by atoms with Gasteiger partial charge in [0.15, 0.2) is 0 Å². The third-order valence-electron chi connectivity index (χ3n) is 2.14. The van der Waals surface area contributed by atoms with Crippen molar-refractivity contribution in [3.63, 3.8) is 0 Å². The SMILES string of the molecule is CC(C)C(Nc1ccncc1N)C(N)=O. The molecule has 0 spiro atoms. The summed E-state index contributed by atoms with van der Waals surface area (Å²) >= 11 is 0. The van der Waals surface area contributed by atoms with E-state index in [1.54, 1.807) is 12.3 Å². The zero-order valence-corrected chi connectivity index (χ0v) is 8.90. The van der Waals surface area contributed by atoms with Gasteiger partial charge in [-0.25, -0.2) is 0 Å². The minimum atomic E-state index is -0.422. The first-order chi connectivity index (χ1) is 7.02. The zero-order valence-electron chi connectivity index (χ0n) is 8.90. The molecule has 5 N–H and O–H groups in total. The number of primary amides is 1. The molecule has 0 fully saturated rings. The van der Waals surface area contributed by atoms with Crippen LogP contribution in [0.3, 0.4) is 0 Å². The third kappa shape index (κ3) is 2.83. The molecule has 0 aliphatic carbocycles. The van der Waals surface area contributed by atoms with Crippen LogP contribution in [0.5, 0.6) is 0 Å². The summed E-state index contributed by atoms with van der Waals surface area (Å²) in [6.07, 6.45) is 3.14. The highest BCUT2D eigenvalue weighted by Crippen LogP contribution is 2.18. The number of anilines is 2. The predicted octanol–water partition coefficient (Wildman–Crippen LogP) is 0.586. The van der Waals surface area contributed by atoms with Gasteiger partial charge in [-0.1, -0.05) is 13.8 Å². The van der Waals surface area contributed by atoms with Crippen molar-refractivity contribution < 1.29 is 4.79 Å². The standard InChI is InChI=1S/C10H16N4O/c1-6(2)9(10(12)15)14-8-3-4-13-5-7(8)11/h3-6,9H,11H2,1-2H3,(H2,12,15)(H,13,14). The number of pyridine rings is 1. The van der Waals surface area contributed by atoms with E-state index < -0.39 is 6.04 Å². The monoisotopic (exact) mass is 208 g/mol. The predicted molar refractivity (Wildman–Crippen MR) is 60.1 cm³/mol. The first kappa shape index (κ1) is 11.3. The average molecular weight is 208 g/mol. The molecule has 82 valence electrons. The van der Waals surface area contributed by atoms with Gasteiger partial charge in [0.05, 0.1) is 17.6 Å². The van der Waals surface area contributed by atoms with Crippen LogP contribution in [0.2, 0.25) is 0 Å². The van der Waals surface area contributed by atoms with Gasteiger partial charge in [0.2, 0.25) is 5.91 Å². The fraction of sp³-hybridized carbons (Fsp3) is 0.400. The summed E-state index contributed by atoms with van der Waals surface area (Å²) in [4.78, 5) is 15.0. The van der Waals surface area contributed by atoms with Crippen LogP contribution in [0.1, 0.15) is 13.8 Å². The second-order valence-corrected chi connectivity index (χ2v) is 3.73. The topological polar surface area (TPSA) is 94.0 Å². The minimum Gasteiger partial charge on any atom is -0.396 e. The van der Waals surface area contributed by atoms with Crippen LogP contribution in [-0.2, 0) is 4.79 Å². The van der Waals surface area contributed by atoms with E-state index in [0.29, 0.717) is 11.4 Å². The fourth-order valence-electron chi connectivity index (χ4n) is 1.27. The molecule has 5 nitrogen and oxygen atoms in total. The van der Waals surface area contributed by atoms with E-state index >= 15 is 0 Å². The molecule has 1 atom stereocenters. The summed E-state index contributed by atoms with van der Waals surface area (Å²) in [7, 11) is 0. The number of carbonyl (C=O) groups excluding carboxylic acids is 1. The van der Waals surface area contributed by atoms with Gasteiger partial charge < -0.3 is 16.8 Å². The molecule has 15 heavy (non-hydrogen) atoms. The van der Waals surface area contributed by atoms with Gasteiger partial charge in [-0.3, -0.25) is 9.78 Å². The Morgan fingerprint density at radius 3 is 2.67 bits per heavy atom. The molecule has 0 bridgehead atoms. The Morgan fingerprint density at radius 1 is 1.53 bits per heavy atom. The zero-order chi connectivity index (χ0) is 11.4. The molecule has 1 heterocycles. The van der Waals surface area contributed by atoms with E-state index in [4.69, 9.17) is 11.5 Å². The van der Waals surface area contributed by atoms with Crippen molar-refractivity contribution >= 4 is 17.3 Å². The van der Waals surface area contributed by atoms with E-state index in [-0.39, 0.29) is 11.8 Å². The van der Waals surface area contributed by atoms with Crippen LogP contribution in [0, 0.1) is 5.92 Å². The molecule has 1 amide bonds. The quantitative estimate of drug-likeness (QED) is 0.674. The lowest BCUT2D eigenvalue weighted by atomic mass is 10.0. The van der Waals surface area contributed by atoms with E-state index in [9.17, 15) is 4.79 Å². The Bertz CT molecular complexity index is 351. The highest BCUT2D eigenvalue weighted by molar-refractivity contribution is 5.84. The Morgan fingerprint density at radius 2 is 2.20 bits per heavy atom. The van der Waals surface area contributed by atoms with Gasteiger partial charge in [-0.05, 0) is 12.0 Å². The number of rotatable bonds is 4. The molecule has 1 aromatic rings. The number of nitrogens with two attached hydrogens (primary N) is 2. The van der Waals surface area contributed by atoms with Crippen LogP contribution in [0.4, 0.5) is 11.4 Å². The van der Waals surface area contributed by atoms with E-state index in [0.717, 1.165) is 0 Å². The molecular weight excluding hydrogens is 192 g/mol. The average Bonchev–Trinajstić information content (AvgIpc) is 2.15. The van der Waals surface area contributed by atoms with Gasteiger partial charge in [0, 0.05) is 6.20 Å². The lowest BCUT2D eigenvalue weighted by Crippen LogP contribution is -2.39. The summed E-state index contributed by atoms with van der Waals surface area (Å²) in [5, 5.41) is 3.01. The van der Waals surface area contributed by atoms with Crippen molar-refractivity contribution in [2.75, 3.05) is 11.1 Å². The lowest BCUT2D eigenvalue weighted by molar-refractivity contribution is -0.119. The highest BCUT2D eigenvalue weighted by atomic mass is 16.1. The number of nitrogens with one attached hydrogen (secondary N) is 1. The molecule has 0 saturated heterocycles. The molecule has 0 saturated carbocycles. The number of aromatic nitrogens is 1. The number of hydrogen-bond acceptors (Lipinski definition) is 4. The number of amides is 1. The molecule has 1 unspecified atom stereocenters. The summed E-state index contributed by atoms with van der Waals surface area (Å²) in [6, 6.07) is 1.29. The highest BCUT2D eigenvalue weighted by Gasteiger charge is 2.19. The van der Waals surface area contributed by atoms with E-state index in [2.05, 4.69) is 10.3 Å². The van der Waals surface area contributed by atoms with Crippen molar-refractivity contribution in [2.24, 2.45) is 11.7 Å². The Labute approximate surface area is 88.9 Å². The van der Waals surface area contributed by atoms with Crippen LogP contribution < -0.4 is 16.8 Å². The van der Waals surface area contributed by atoms with E-state index in [1.807, 2.05) is 13.8 Å². The van der Waals surface area contributed by atoms with Gasteiger partial charge in [-0.15, -0.1) is 0 Å². The van der Waals surface area contributed by atoms with Crippen LogP contribution in [-0.4, -0.2) is 16.9 Å². The van der Waals surface area contributed by atoms with Crippen molar-refractivity contribution in [3.8, 4) is 0 Å². The second kappa shape index (κ2) is 4.63. The molecular formula is C10H16N4O. The van der Waals surface area contributed by atoms with Gasteiger partial charge in [0.25, 0.3) is 0 Å². The number of carbonyl (C=O) groups is 1. The number of nitrogen functional groups attached to an aromatic ring is 1. The first-order valence-electron chi connectivity index (χ1n) is 4.77. The number of hydrogen-bond donors (Lipinski definition) is 3. The minimum absolute atomic E-state index is 0.107. The Hall–Kier alpha value is -1.78. The van der Waals surface area contributed by atoms with Crippen LogP contribution in [0.15, 0.2) is 18.5 Å². The van der Waals surface area contributed by atoms with Crippen molar-refractivity contribution in [1.82, 2.24) is 4.98 Å². The maximum Gasteiger partial charge on any atom is 0.240 e. The largest absolute Gasteiger partial charge is 0.396 e. The molecule has 0 radical (unpaired) electrons. The molecule has 1 rings (SSSR count). The van der Waals surface area contributed by atoms with Gasteiger partial charge >= 0.3 is 0 Å². The maximum absolute atomic E-state index is 11.2. The normalized spacial score (nSPS) is 12.5. The molecule has 0 aromatic carbocycles. The summed E-state index contributed by atoms with van der Waals surface area (Å²) in [5.41, 5.74) is 12.2.